The summed E-state index contributed by atoms with van der Waals surface area (Å²) in [5.41, 5.74) is 5.32. The largest absolute Gasteiger partial charge is 0.507 e. The monoisotopic (exact) mass is 327 g/mol. The molecule has 0 aliphatic rings. The van der Waals surface area contributed by atoms with Crippen LogP contribution >= 0.6 is 0 Å². The number of carbonyl (C=O) groups excluding carboxylic acids is 1. The Labute approximate surface area is 141 Å². The van der Waals surface area contributed by atoms with Gasteiger partial charge in [-0.3, -0.25) is 4.79 Å². The number of rotatable bonds is 6. The number of hydrazone groups is 1. The summed E-state index contributed by atoms with van der Waals surface area (Å²) in [5, 5.41) is 16.9. The predicted octanol–water partition coefficient (Wildman–Crippen LogP) is 2.66. The number of carbonyl (C=O) groups is 1. The number of amides is 1. The normalized spacial score (nSPS) is 11.0. The highest BCUT2D eigenvalue weighted by molar-refractivity contribution is 6.01. The van der Waals surface area contributed by atoms with Gasteiger partial charge in [0.1, 0.15) is 11.5 Å². The van der Waals surface area contributed by atoms with Gasteiger partial charge in [0.25, 0.3) is 5.91 Å². The quantitative estimate of drug-likeness (QED) is 0.563. The van der Waals surface area contributed by atoms with E-state index in [2.05, 4.69) is 15.8 Å². The molecule has 2 rings (SSSR count). The van der Waals surface area contributed by atoms with Crippen LogP contribution in [0, 0.1) is 6.92 Å². The van der Waals surface area contributed by atoms with Crippen molar-refractivity contribution in [3.8, 4) is 11.5 Å². The Morgan fingerprint density at radius 2 is 2.00 bits per heavy atom. The van der Waals surface area contributed by atoms with E-state index in [0.717, 1.165) is 11.3 Å². The van der Waals surface area contributed by atoms with Gasteiger partial charge in [0.15, 0.2) is 0 Å². The standard InChI is InChI=1S/C18H21N3O3/c1-12-8-9-16(22)14(10-12)13(2)20-21-18(23)11-19-15-6-4-5-7-17(15)24-3/h4-10,19,22H,11H2,1-3H3,(H,21,23)/b20-13+. The van der Waals surface area contributed by atoms with E-state index >= 15 is 0 Å². The molecule has 6 heteroatoms. The molecule has 0 spiro atoms. The Bertz CT molecular complexity index is 757. The van der Waals surface area contributed by atoms with Crippen molar-refractivity contribution in [2.75, 3.05) is 19.0 Å². The van der Waals surface area contributed by atoms with Gasteiger partial charge in [0.05, 0.1) is 25.1 Å². The number of aryl methyl sites for hydroxylation is 1. The topological polar surface area (TPSA) is 83.0 Å². The first-order valence-corrected chi connectivity index (χ1v) is 7.51. The van der Waals surface area contributed by atoms with Gasteiger partial charge in [-0.1, -0.05) is 23.8 Å². The molecular formula is C18H21N3O3. The number of methoxy groups -OCH3 is 1. The van der Waals surface area contributed by atoms with E-state index in [9.17, 15) is 9.90 Å². The molecule has 0 fully saturated rings. The maximum Gasteiger partial charge on any atom is 0.259 e. The highest BCUT2D eigenvalue weighted by Gasteiger charge is 2.07. The maximum atomic E-state index is 11.9. The number of aromatic hydroxyl groups is 1. The number of phenols is 1. The molecular weight excluding hydrogens is 306 g/mol. The van der Waals surface area contributed by atoms with Crippen molar-refractivity contribution in [1.82, 2.24) is 5.43 Å². The van der Waals surface area contributed by atoms with Crippen LogP contribution in [-0.2, 0) is 4.79 Å². The lowest BCUT2D eigenvalue weighted by Gasteiger charge is -2.10. The maximum absolute atomic E-state index is 11.9. The Morgan fingerprint density at radius 1 is 1.25 bits per heavy atom. The van der Waals surface area contributed by atoms with Crippen LogP contribution < -0.4 is 15.5 Å². The van der Waals surface area contributed by atoms with Crippen molar-refractivity contribution in [2.24, 2.45) is 5.10 Å². The lowest BCUT2D eigenvalue weighted by Crippen LogP contribution is -2.26. The number of phenolic OH excluding ortho intramolecular Hbond substituents is 1. The molecule has 0 aliphatic heterocycles. The second-order valence-electron chi connectivity index (χ2n) is 5.31. The first-order valence-electron chi connectivity index (χ1n) is 7.51. The molecule has 126 valence electrons. The van der Waals surface area contributed by atoms with Crippen molar-refractivity contribution in [3.05, 3.63) is 53.6 Å². The molecule has 1 amide bonds. The Balaban J connectivity index is 1.96. The minimum absolute atomic E-state index is 0.0525. The van der Waals surface area contributed by atoms with Crippen LogP contribution in [0.5, 0.6) is 11.5 Å². The first kappa shape index (κ1) is 17.3. The number of nitrogens with one attached hydrogen (secondary N) is 2. The zero-order valence-electron chi connectivity index (χ0n) is 14.0. The van der Waals surface area contributed by atoms with Gasteiger partial charge in [-0.25, -0.2) is 5.43 Å². The third-order valence-electron chi connectivity index (χ3n) is 3.44. The average Bonchev–Trinajstić information content (AvgIpc) is 2.60. The number of nitrogens with zero attached hydrogens (tertiary/aromatic N) is 1. The van der Waals surface area contributed by atoms with E-state index < -0.39 is 0 Å². The van der Waals surface area contributed by atoms with Gasteiger partial charge in [-0.05, 0) is 38.1 Å². The SMILES string of the molecule is COc1ccccc1NCC(=O)N/N=C(\C)c1cc(C)ccc1O. The average molecular weight is 327 g/mol. The van der Waals surface area contributed by atoms with Gasteiger partial charge in [-0.2, -0.15) is 5.10 Å². The molecule has 0 aliphatic carbocycles. The first-order chi connectivity index (χ1) is 11.5. The molecule has 0 heterocycles. The molecule has 24 heavy (non-hydrogen) atoms. The fourth-order valence-corrected chi connectivity index (χ4v) is 2.15. The minimum Gasteiger partial charge on any atom is -0.507 e. The summed E-state index contributed by atoms with van der Waals surface area (Å²) >= 11 is 0. The fraction of sp³-hybridized carbons (Fsp3) is 0.222. The summed E-state index contributed by atoms with van der Waals surface area (Å²) < 4.78 is 5.21. The number of benzene rings is 2. The highest BCUT2D eigenvalue weighted by Crippen LogP contribution is 2.22. The van der Waals surface area contributed by atoms with E-state index in [4.69, 9.17) is 4.74 Å². The third kappa shape index (κ3) is 4.49. The van der Waals surface area contributed by atoms with Crippen molar-refractivity contribution in [1.29, 1.82) is 0 Å². The Hall–Kier alpha value is -3.02. The highest BCUT2D eigenvalue weighted by atomic mass is 16.5. The van der Waals surface area contributed by atoms with Crippen LogP contribution in [0.15, 0.2) is 47.6 Å². The number of ether oxygens (including phenoxy) is 1. The number of hydrogen-bond donors (Lipinski definition) is 3. The summed E-state index contributed by atoms with van der Waals surface area (Å²) in [4.78, 5) is 11.9. The fourth-order valence-electron chi connectivity index (χ4n) is 2.15. The van der Waals surface area contributed by atoms with E-state index in [1.807, 2.05) is 43.3 Å². The van der Waals surface area contributed by atoms with Crippen LogP contribution in [0.2, 0.25) is 0 Å². The van der Waals surface area contributed by atoms with Gasteiger partial charge < -0.3 is 15.2 Å². The van der Waals surface area contributed by atoms with Crippen molar-refractivity contribution < 1.29 is 14.6 Å². The Morgan fingerprint density at radius 3 is 2.75 bits per heavy atom. The molecule has 0 bridgehead atoms. The predicted molar refractivity (Wildman–Crippen MR) is 94.7 cm³/mol. The lowest BCUT2D eigenvalue weighted by molar-refractivity contribution is -0.119. The van der Waals surface area contributed by atoms with Gasteiger partial charge >= 0.3 is 0 Å². The van der Waals surface area contributed by atoms with Crippen LogP contribution in [0.25, 0.3) is 0 Å². The van der Waals surface area contributed by atoms with E-state index in [1.54, 1.807) is 20.1 Å². The molecule has 0 aromatic heterocycles. The minimum atomic E-state index is -0.299. The third-order valence-corrected chi connectivity index (χ3v) is 3.44. The van der Waals surface area contributed by atoms with E-state index in [1.165, 1.54) is 0 Å². The summed E-state index contributed by atoms with van der Waals surface area (Å²) in [6, 6.07) is 12.6. The molecule has 0 radical (unpaired) electrons. The summed E-state index contributed by atoms with van der Waals surface area (Å²) in [5.74, 6) is 0.491. The zero-order valence-corrected chi connectivity index (χ0v) is 14.0. The molecule has 0 saturated heterocycles. The molecule has 2 aromatic carbocycles. The number of anilines is 1. The lowest BCUT2D eigenvalue weighted by atomic mass is 10.1. The molecule has 0 unspecified atom stereocenters. The molecule has 6 nitrogen and oxygen atoms in total. The molecule has 3 N–H and O–H groups in total. The molecule has 0 atom stereocenters. The van der Waals surface area contributed by atoms with Crippen molar-refractivity contribution in [2.45, 2.75) is 13.8 Å². The van der Waals surface area contributed by atoms with Crippen LogP contribution in [0.4, 0.5) is 5.69 Å². The summed E-state index contributed by atoms with van der Waals surface area (Å²) in [7, 11) is 1.57. The smallest absolute Gasteiger partial charge is 0.259 e. The van der Waals surface area contributed by atoms with Gasteiger partial charge in [0, 0.05) is 5.56 Å². The van der Waals surface area contributed by atoms with E-state index in [-0.39, 0.29) is 18.2 Å². The number of para-hydroxylation sites is 2. The second-order valence-corrected chi connectivity index (χ2v) is 5.31. The van der Waals surface area contributed by atoms with E-state index in [0.29, 0.717) is 17.0 Å². The van der Waals surface area contributed by atoms with Gasteiger partial charge in [-0.15, -0.1) is 0 Å². The summed E-state index contributed by atoms with van der Waals surface area (Å²) in [6.45, 7) is 3.70. The Kier molecular flexibility index (Phi) is 5.78. The van der Waals surface area contributed by atoms with Crippen LogP contribution in [0.1, 0.15) is 18.1 Å². The van der Waals surface area contributed by atoms with Crippen molar-refractivity contribution >= 4 is 17.3 Å². The van der Waals surface area contributed by atoms with Gasteiger partial charge in [0.2, 0.25) is 0 Å². The number of hydrogen-bond acceptors (Lipinski definition) is 5. The summed E-state index contributed by atoms with van der Waals surface area (Å²) in [6.07, 6.45) is 0. The van der Waals surface area contributed by atoms with Crippen LogP contribution in [0.3, 0.4) is 0 Å². The molecule has 2 aromatic rings. The van der Waals surface area contributed by atoms with Crippen molar-refractivity contribution in [3.63, 3.8) is 0 Å². The molecule has 0 saturated carbocycles. The zero-order chi connectivity index (χ0) is 17.5. The van der Waals surface area contributed by atoms with Crippen LogP contribution in [-0.4, -0.2) is 30.4 Å². The second kappa shape index (κ2) is 8.01.